The van der Waals surface area contributed by atoms with Crippen molar-refractivity contribution in [3.8, 4) is 0 Å². The van der Waals surface area contributed by atoms with Crippen molar-refractivity contribution >= 4 is 34.8 Å². The van der Waals surface area contributed by atoms with Crippen molar-refractivity contribution in [3.05, 3.63) is 20.8 Å². The molecule has 1 aliphatic rings. The lowest BCUT2D eigenvalue weighted by Crippen LogP contribution is -2.29. The normalized spacial score (nSPS) is 22.1. The van der Waals surface area contributed by atoms with Gasteiger partial charge in [0.25, 0.3) is 5.56 Å². The molecule has 1 fully saturated rings. The number of imidazole rings is 1. The molecule has 0 spiro atoms. The molecule has 0 bridgehead atoms. The average Bonchev–Trinajstić information content (AvgIpc) is 3.10. The number of aryl methyl sites for hydroxylation is 1. The summed E-state index contributed by atoms with van der Waals surface area (Å²) >= 11 is 1.53. The van der Waals surface area contributed by atoms with Crippen molar-refractivity contribution in [2.45, 2.75) is 58.2 Å². The van der Waals surface area contributed by atoms with Crippen LogP contribution in [0.15, 0.2) is 9.59 Å². The third kappa shape index (κ3) is 3.86. The first-order chi connectivity index (χ1) is 13.4. The SMILES string of the molecule is CCCC1OC(n2c(=O)n(CCSC)c3c(=O)[nH]c(NC(C)=O)nc32)CC1F. The predicted octanol–water partition coefficient (Wildman–Crippen LogP) is 1.63. The van der Waals surface area contributed by atoms with Gasteiger partial charge in [0.15, 0.2) is 11.2 Å². The molecular weight excluding hydrogens is 389 g/mol. The Kier molecular flexibility index (Phi) is 6.23. The molecule has 1 saturated heterocycles. The number of hydrogen-bond donors (Lipinski definition) is 2. The van der Waals surface area contributed by atoms with Crippen LogP contribution in [-0.4, -0.2) is 49.3 Å². The maximum Gasteiger partial charge on any atom is 0.332 e. The van der Waals surface area contributed by atoms with E-state index in [0.717, 1.165) is 6.42 Å². The molecule has 28 heavy (non-hydrogen) atoms. The third-order valence-corrected chi connectivity index (χ3v) is 5.24. The summed E-state index contributed by atoms with van der Waals surface area (Å²) in [6, 6.07) is 0. The second-order valence-corrected chi connectivity index (χ2v) is 7.72. The molecule has 11 heteroatoms. The Morgan fingerprint density at radius 2 is 2.21 bits per heavy atom. The monoisotopic (exact) mass is 413 g/mol. The number of hydrogen-bond acceptors (Lipinski definition) is 6. The number of aromatic nitrogens is 4. The third-order valence-electron chi connectivity index (χ3n) is 4.65. The number of nitrogens with one attached hydrogen (secondary N) is 2. The molecule has 1 amide bonds. The highest BCUT2D eigenvalue weighted by molar-refractivity contribution is 7.98. The van der Waals surface area contributed by atoms with Crippen LogP contribution in [0.4, 0.5) is 10.3 Å². The van der Waals surface area contributed by atoms with Crippen LogP contribution in [0.25, 0.3) is 11.2 Å². The molecule has 0 radical (unpaired) electrons. The first kappa shape index (κ1) is 20.6. The minimum absolute atomic E-state index is 0.0101. The average molecular weight is 413 g/mol. The molecule has 2 aromatic heterocycles. The maximum absolute atomic E-state index is 14.4. The number of H-pyrrole nitrogens is 1. The van der Waals surface area contributed by atoms with Crippen LogP contribution in [0, 0.1) is 0 Å². The topological polar surface area (TPSA) is 111 Å². The van der Waals surface area contributed by atoms with Crippen LogP contribution < -0.4 is 16.6 Å². The predicted molar refractivity (Wildman–Crippen MR) is 106 cm³/mol. The van der Waals surface area contributed by atoms with Crippen molar-refractivity contribution < 1.29 is 13.9 Å². The fourth-order valence-electron chi connectivity index (χ4n) is 3.44. The zero-order valence-corrected chi connectivity index (χ0v) is 16.8. The second kappa shape index (κ2) is 8.48. The fraction of sp³-hybridized carbons (Fsp3) is 0.647. The van der Waals surface area contributed by atoms with E-state index in [1.807, 2.05) is 13.2 Å². The zero-order valence-electron chi connectivity index (χ0n) is 16.0. The summed E-state index contributed by atoms with van der Waals surface area (Å²) < 4.78 is 22.8. The minimum Gasteiger partial charge on any atom is -0.351 e. The van der Waals surface area contributed by atoms with E-state index in [4.69, 9.17) is 4.74 Å². The molecule has 154 valence electrons. The zero-order chi connectivity index (χ0) is 20.4. The second-order valence-electron chi connectivity index (χ2n) is 6.73. The number of rotatable bonds is 7. The summed E-state index contributed by atoms with van der Waals surface area (Å²) in [7, 11) is 0. The van der Waals surface area contributed by atoms with Crippen LogP contribution in [0.5, 0.6) is 0 Å². The largest absolute Gasteiger partial charge is 0.351 e. The van der Waals surface area contributed by atoms with E-state index in [1.165, 1.54) is 27.8 Å². The van der Waals surface area contributed by atoms with Crippen LogP contribution in [0.1, 0.15) is 39.3 Å². The van der Waals surface area contributed by atoms with Crippen LogP contribution in [0.3, 0.4) is 0 Å². The van der Waals surface area contributed by atoms with Gasteiger partial charge in [0, 0.05) is 25.6 Å². The van der Waals surface area contributed by atoms with E-state index in [-0.39, 0.29) is 23.5 Å². The quantitative estimate of drug-likeness (QED) is 0.714. The van der Waals surface area contributed by atoms with Gasteiger partial charge in [-0.3, -0.25) is 24.5 Å². The Balaban J connectivity index is 2.16. The van der Waals surface area contributed by atoms with E-state index in [1.54, 1.807) is 0 Å². The number of carbonyl (C=O) groups is 1. The fourth-order valence-corrected chi connectivity index (χ4v) is 3.81. The summed E-state index contributed by atoms with van der Waals surface area (Å²) in [6.07, 6.45) is 0.564. The van der Waals surface area contributed by atoms with E-state index in [9.17, 15) is 18.8 Å². The number of anilines is 1. The van der Waals surface area contributed by atoms with Gasteiger partial charge in [0.05, 0.1) is 6.10 Å². The number of carbonyl (C=O) groups excluding carboxylic acids is 1. The van der Waals surface area contributed by atoms with Gasteiger partial charge >= 0.3 is 5.69 Å². The lowest BCUT2D eigenvalue weighted by atomic mass is 10.1. The lowest BCUT2D eigenvalue weighted by Gasteiger charge is -2.14. The highest BCUT2D eigenvalue weighted by Crippen LogP contribution is 2.33. The standard InChI is InChI=1S/C17H24FN5O4S/c1-4-5-11-10(18)8-12(27-11)23-14-13(22(17(23)26)6-7-28-3)15(25)21-16(20-14)19-9(2)24/h10-12H,4-8H2,1-3H3,(H2,19,20,21,24,25). The molecular formula is C17H24FN5O4S. The molecule has 3 unspecified atom stereocenters. The number of nitrogens with zero attached hydrogens (tertiary/aromatic N) is 3. The van der Waals surface area contributed by atoms with Gasteiger partial charge in [-0.2, -0.15) is 16.7 Å². The van der Waals surface area contributed by atoms with Gasteiger partial charge in [-0.1, -0.05) is 13.3 Å². The van der Waals surface area contributed by atoms with Crippen molar-refractivity contribution in [2.75, 3.05) is 17.3 Å². The molecule has 2 aromatic rings. The molecule has 0 aromatic carbocycles. The number of alkyl halides is 1. The number of fused-ring (bicyclic) bond motifs is 1. The number of amides is 1. The van der Waals surface area contributed by atoms with Crippen molar-refractivity contribution in [1.82, 2.24) is 19.1 Å². The number of ether oxygens (including phenoxy) is 1. The van der Waals surface area contributed by atoms with Gasteiger partial charge in [-0.25, -0.2) is 13.8 Å². The smallest absolute Gasteiger partial charge is 0.332 e. The van der Waals surface area contributed by atoms with E-state index in [0.29, 0.717) is 18.7 Å². The van der Waals surface area contributed by atoms with Gasteiger partial charge < -0.3 is 4.74 Å². The van der Waals surface area contributed by atoms with Crippen LogP contribution in [0.2, 0.25) is 0 Å². The molecule has 9 nitrogen and oxygen atoms in total. The molecule has 0 saturated carbocycles. The highest BCUT2D eigenvalue weighted by Gasteiger charge is 2.38. The van der Waals surface area contributed by atoms with E-state index < -0.39 is 35.7 Å². The molecule has 3 rings (SSSR count). The lowest BCUT2D eigenvalue weighted by molar-refractivity contribution is -0.114. The first-order valence-corrected chi connectivity index (χ1v) is 10.6. The van der Waals surface area contributed by atoms with Crippen molar-refractivity contribution in [3.63, 3.8) is 0 Å². The Morgan fingerprint density at radius 3 is 2.86 bits per heavy atom. The Hall–Kier alpha value is -2.14. The van der Waals surface area contributed by atoms with Crippen molar-refractivity contribution in [2.24, 2.45) is 0 Å². The molecule has 0 aliphatic carbocycles. The van der Waals surface area contributed by atoms with Gasteiger partial charge in [-0.15, -0.1) is 0 Å². The summed E-state index contributed by atoms with van der Waals surface area (Å²) in [5.74, 6) is 0.129. The van der Waals surface area contributed by atoms with Crippen molar-refractivity contribution in [1.29, 1.82) is 0 Å². The molecule has 2 N–H and O–H groups in total. The highest BCUT2D eigenvalue weighted by atomic mass is 32.2. The van der Waals surface area contributed by atoms with E-state index >= 15 is 0 Å². The minimum atomic E-state index is -1.20. The Bertz CT molecular complexity index is 984. The molecule has 1 aliphatic heterocycles. The maximum atomic E-state index is 14.4. The molecule has 3 heterocycles. The molecule has 3 atom stereocenters. The first-order valence-electron chi connectivity index (χ1n) is 9.18. The number of aromatic amines is 1. The van der Waals surface area contributed by atoms with Gasteiger partial charge in [0.1, 0.15) is 12.4 Å². The van der Waals surface area contributed by atoms with Crippen LogP contribution in [-0.2, 0) is 16.1 Å². The summed E-state index contributed by atoms with van der Waals surface area (Å²) in [5, 5.41) is 2.42. The summed E-state index contributed by atoms with van der Waals surface area (Å²) in [5.41, 5.74) is -0.860. The number of thioether (sulfide) groups is 1. The number of halogens is 1. The van der Waals surface area contributed by atoms with E-state index in [2.05, 4.69) is 15.3 Å². The Morgan fingerprint density at radius 1 is 1.46 bits per heavy atom. The summed E-state index contributed by atoms with van der Waals surface area (Å²) in [4.78, 5) is 43.8. The van der Waals surface area contributed by atoms with Crippen LogP contribution >= 0.6 is 11.8 Å². The van der Waals surface area contributed by atoms with Gasteiger partial charge in [-0.05, 0) is 12.7 Å². The summed E-state index contributed by atoms with van der Waals surface area (Å²) in [6.45, 7) is 3.52. The Labute approximate surface area is 164 Å². The van der Waals surface area contributed by atoms with Gasteiger partial charge in [0.2, 0.25) is 11.9 Å².